The third kappa shape index (κ3) is 6.01. The molecule has 1 aliphatic rings. The lowest BCUT2D eigenvalue weighted by Crippen LogP contribution is -2.46. The minimum atomic E-state index is -1.78. The molecule has 180 valence electrons. The molecule has 1 amide bonds. The average Bonchev–Trinajstić information content (AvgIpc) is 2.72. The third-order valence-electron chi connectivity index (χ3n) is 7.21. The number of nitriles is 1. The number of nitrogens with zero attached hydrogens (tertiary/aromatic N) is 2. The molecule has 0 radical (unpaired) electrons. The van der Waals surface area contributed by atoms with Crippen LogP contribution < -0.4 is 0 Å². The van der Waals surface area contributed by atoms with Crippen LogP contribution in [0.2, 0.25) is 16.6 Å². The van der Waals surface area contributed by atoms with Crippen LogP contribution in [-0.2, 0) is 10.2 Å². The summed E-state index contributed by atoms with van der Waals surface area (Å²) in [7, 11) is -1.78. The van der Waals surface area contributed by atoms with Gasteiger partial charge < -0.3 is 9.64 Å². The predicted octanol–water partition coefficient (Wildman–Crippen LogP) is 7.05. The summed E-state index contributed by atoms with van der Waals surface area (Å²) in [5.74, 6) is 3.49. The van der Waals surface area contributed by atoms with Gasteiger partial charge in [-0.25, -0.2) is 4.79 Å². The lowest BCUT2D eigenvalue weighted by atomic mass is 9.74. The van der Waals surface area contributed by atoms with Gasteiger partial charge in [0.05, 0.1) is 11.5 Å². The Morgan fingerprint density at radius 2 is 1.48 bits per heavy atom. The molecule has 33 heavy (non-hydrogen) atoms. The molecule has 5 heteroatoms. The summed E-state index contributed by atoms with van der Waals surface area (Å²) in [5, 5.41) is 10.1. The topological polar surface area (TPSA) is 53.3 Å². The number of likely N-dealkylation sites (tertiary alicyclic amines) is 1. The number of hydrogen-bond donors (Lipinski definition) is 0. The van der Waals surface area contributed by atoms with Crippen molar-refractivity contribution in [2.75, 3.05) is 13.1 Å². The third-order valence-corrected chi connectivity index (χ3v) is 13.5. The molecule has 4 nitrogen and oxygen atoms in total. The average molecular weight is 467 g/mol. The van der Waals surface area contributed by atoms with Gasteiger partial charge in [-0.15, -0.1) is 5.54 Å². The van der Waals surface area contributed by atoms with E-state index in [2.05, 4.69) is 83.3 Å². The Morgan fingerprint density at radius 1 is 1.00 bits per heavy atom. The summed E-state index contributed by atoms with van der Waals surface area (Å²) < 4.78 is 5.50. The Kier molecular flexibility index (Phi) is 8.47. The standard InChI is InChI=1S/C28H42N2O2Si/c1-21(2)33(22(3)4,23(5)6)19-14-24-10-12-25(13-11-24)28(20-29)15-17-30(18-16-28)26(31)32-27(7,8)9/h10-13,21-23H,15-18H2,1-9H3. The number of amides is 1. The molecule has 1 heterocycles. The van der Waals surface area contributed by atoms with E-state index in [1.54, 1.807) is 4.90 Å². The van der Waals surface area contributed by atoms with Gasteiger partial charge in [0.2, 0.25) is 0 Å². The minimum absolute atomic E-state index is 0.298. The van der Waals surface area contributed by atoms with Crippen molar-refractivity contribution in [1.82, 2.24) is 4.90 Å². The van der Waals surface area contributed by atoms with E-state index in [-0.39, 0.29) is 6.09 Å². The molecule has 1 aromatic rings. The van der Waals surface area contributed by atoms with Crippen LogP contribution >= 0.6 is 0 Å². The number of piperidine rings is 1. The quantitative estimate of drug-likeness (QED) is 0.353. The van der Waals surface area contributed by atoms with Gasteiger partial charge in [-0.2, -0.15) is 5.26 Å². The first kappa shape index (κ1) is 27.0. The molecule has 2 rings (SSSR count). The number of rotatable bonds is 4. The number of carbonyl (C=O) groups is 1. The molecular weight excluding hydrogens is 424 g/mol. The van der Waals surface area contributed by atoms with Crippen LogP contribution in [0.25, 0.3) is 0 Å². The molecule has 1 saturated heterocycles. The summed E-state index contributed by atoms with van der Waals surface area (Å²) in [6.07, 6.45) is 0.920. The number of ether oxygens (including phenoxy) is 1. The van der Waals surface area contributed by atoms with E-state index in [0.717, 1.165) is 11.1 Å². The van der Waals surface area contributed by atoms with Crippen molar-refractivity contribution in [2.45, 2.75) is 103 Å². The Labute approximate surface area is 202 Å². The van der Waals surface area contributed by atoms with Crippen LogP contribution in [0.1, 0.15) is 86.3 Å². The van der Waals surface area contributed by atoms with Crippen molar-refractivity contribution >= 4 is 14.2 Å². The molecule has 0 unspecified atom stereocenters. The van der Waals surface area contributed by atoms with Crippen molar-refractivity contribution in [3.8, 4) is 17.5 Å². The molecule has 0 atom stereocenters. The molecule has 0 spiro atoms. The number of hydrogen-bond acceptors (Lipinski definition) is 3. The first-order valence-electron chi connectivity index (χ1n) is 12.3. The minimum Gasteiger partial charge on any atom is -0.444 e. The van der Waals surface area contributed by atoms with Gasteiger partial charge in [0, 0.05) is 18.7 Å². The fourth-order valence-corrected chi connectivity index (χ4v) is 10.6. The van der Waals surface area contributed by atoms with E-state index < -0.39 is 19.1 Å². The molecule has 1 aliphatic heterocycles. The van der Waals surface area contributed by atoms with E-state index >= 15 is 0 Å². The van der Waals surface area contributed by atoms with Crippen LogP contribution in [0, 0.1) is 22.8 Å². The fourth-order valence-electron chi connectivity index (χ4n) is 5.35. The number of carbonyl (C=O) groups excluding carboxylic acids is 1. The summed E-state index contributed by atoms with van der Waals surface area (Å²) in [5.41, 5.74) is 6.50. The van der Waals surface area contributed by atoms with Crippen molar-refractivity contribution in [1.29, 1.82) is 5.26 Å². The van der Waals surface area contributed by atoms with Crippen molar-refractivity contribution in [2.24, 2.45) is 0 Å². The Morgan fingerprint density at radius 3 is 1.88 bits per heavy atom. The van der Waals surface area contributed by atoms with Gasteiger partial charge in [-0.1, -0.05) is 59.6 Å². The second-order valence-corrected chi connectivity index (χ2v) is 17.0. The zero-order valence-electron chi connectivity index (χ0n) is 22.1. The zero-order valence-corrected chi connectivity index (χ0v) is 23.1. The van der Waals surface area contributed by atoms with Crippen LogP contribution in [0.3, 0.4) is 0 Å². The van der Waals surface area contributed by atoms with Crippen molar-refractivity contribution in [3.05, 3.63) is 35.4 Å². The maximum atomic E-state index is 12.4. The van der Waals surface area contributed by atoms with Crippen LogP contribution in [0.5, 0.6) is 0 Å². The summed E-state index contributed by atoms with van der Waals surface area (Å²) >= 11 is 0. The largest absolute Gasteiger partial charge is 0.444 e. The summed E-state index contributed by atoms with van der Waals surface area (Å²) in [4.78, 5) is 14.1. The highest BCUT2D eigenvalue weighted by atomic mass is 28.3. The monoisotopic (exact) mass is 466 g/mol. The van der Waals surface area contributed by atoms with E-state index in [0.29, 0.717) is 42.6 Å². The maximum Gasteiger partial charge on any atom is 0.410 e. The summed E-state index contributed by atoms with van der Waals surface area (Å²) in [6, 6.07) is 10.8. The maximum absolute atomic E-state index is 12.4. The molecule has 0 N–H and O–H groups in total. The van der Waals surface area contributed by atoms with Gasteiger partial charge in [0.1, 0.15) is 13.7 Å². The zero-order chi connectivity index (χ0) is 25.0. The second kappa shape index (κ2) is 10.4. The molecule has 0 bridgehead atoms. The van der Waals surface area contributed by atoms with Gasteiger partial charge >= 0.3 is 6.09 Å². The van der Waals surface area contributed by atoms with Gasteiger partial charge in [-0.3, -0.25) is 0 Å². The van der Waals surface area contributed by atoms with Gasteiger partial charge in [-0.05, 0) is 67.9 Å². The highest BCUT2D eigenvalue weighted by molar-refractivity contribution is 6.90. The number of benzene rings is 1. The molecule has 0 aliphatic carbocycles. The normalized spacial score (nSPS) is 16.4. The first-order valence-corrected chi connectivity index (χ1v) is 14.5. The molecule has 0 saturated carbocycles. The fraction of sp³-hybridized carbons (Fsp3) is 0.643. The molecule has 1 fully saturated rings. The highest BCUT2D eigenvalue weighted by Crippen LogP contribution is 2.41. The van der Waals surface area contributed by atoms with Crippen LogP contribution in [-0.4, -0.2) is 37.8 Å². The predicted molar refractivity (Wildman–Crippen MR) is 139 cm³/mol. The van der Waals surface area contributed by atoms with Crippen molar-refractivity contribution in [3.63, 3.8) is 0 Å². The molecule has 0 aromatic heterocycles. The highest BCUT2D eigenvalue weighted by Gasteiger charge is 2.42. The van der Waals surface area contributed by atoms with Gasteiger partial charge in [0.15, 0.2) is 0 Å². The van der Waals surface area contributed by atoms with Gasteiger partial charge in [0.25, 0.3) is 0 Å². The smallest absolute Gasteiger partial charge is 0.410 e. The molecule has 1 aromatic carbocycles. The Bertz CT molecular complexity index is 894. The van der Waals surface area contributed by atoms with Crippen molar-refractivity contribution < 1.29 is 9.53 Å². The van der Waals surface area contributed by atoms with E-state index in [1.165, 1.54) is 0 Å². The van der Waals surface area contributed by atoms with E-state index in [1.807, 2.05) is 20.8 Å². The van der Waals surface area contributed by atoms with E-state index in [9.17, 15) is 10.1 Å². The lowest BCUT2D eigenvalue weighted by Gasteiger charge is -2.38. The van der Waals surface area contributed by atoms with Crippen LogP contribution in [0.15, 0.2) is 24.3 Å². The van der Waals surface area contributed by atoms with Crippen LogP contribution in [0.4, 0.5) is 4.79 Å². The first-order chi connectivity index (χ1) is 15.3. The lowest BCUT2D eigenvalue weighted by molar-refractivity contribution is 0.0185. The second-order valence-electron chi connectivity index (χ2n) is 11.4. The SMILES string of the molecule is CC(C)[Si](C#Cc1ccc(C2(C#N)CCN(C(=O)OC(C)(C)C)CC2)cc1)(C(C)C)C(C)C. The summed E-state index contributed by atoms with van der Waals surface area (Å²) in [6.45, 7) is 20.6. The Hall–Kier alpha value is -2.24. The Balaban J connectivity index is 2.21. The van der Waals surface area contributed by atoms with E-state index in [4.69, 9.17) is 4.74 Å². The molecular formula is C28H42N2O2Si.